The maximum absolute atomic E-state index is 11.7. The second kappa shape index (κ2) is 4.48. The number of primary amides is 1. The van der Waals surface area contributed by atoms with Crippen LogP contribution in [0, 0.1) is 0 Å². The van der Waals surface area contributed by atoms with Gasteiger partial charge in [0.25, 0.3) is 5.91 Å². The second-order valence-electron chi connectivity index (χ2n) is 5.44. The van der Waals surface area contributed by atoms with Crippen molar-refractivity contribution in [3.63, 3.8) is 0 Å². The molecule has 0 unspecified atom stereocenters. The predicted molar refractivity (Wildman–Crippen MR) is 80.5 cm³/mol. The highest BCUT2D eigenvalue weighted by molar-refractivity contribution is 6.06. The van der Waals surface area contributed by atoms with Crippen LogP contribution in [0.25, 0.3) is 16.7 Å². The van der Waals surface area contributed by atoms with Crippen molar-refractivity contribution in [2.75, 3.05) is 0 Å². The maximum atomic E-state index is 11.7. The molecule has 3 aromatic rings. The van der Waals surface area contributed by atoms with E-state index in [1.165, 1.54) is 6.42 Å². The highest BCUT2D eigenvalue weighted by atomic mass is 16.1. The number of fused-ring (bicyclic) bond motifs is 2. The summed E-state index contributed by atoms with van der Waals surface area (Å²) in [5.41, 5.74) is 7.05. The Labute approximate surface area is 122 Å². The van der Waals surface area contributed by atoms with Gasteiger partial charge in [-0.05, 0) is 18.9 Å². The van der Waals surface area contributed by atoms with Gasteiger partial charge in [-0.25, -0.2) is 4.98 Å². The van der Waals surface area contributed by atoms with Crippen LogP contribution < -0.4 is 5.73 Å². The Balaban J connectivity index is 1.99. The quantitative estimate of drug-likeness (QED) is 0.782. The molecular weight excluding hydrogens is 264 g/mol. The highest BCUT2D eigenvalue weighted by Crippen LogP contribution is 2.26. The summed E-state index contributed by atoms with van der Waals surface area (Å²) in [7, 11) is 0. The summed E-state index contributed by atoms with van der Waals surface area (Å²) in [6, 6.07) is 7.83. The van der Waals surface area contributed by atoms with Crippen LogP contribution in [0.3, 0.4) is 0 Å². The van der Waals surface area contributed by atoms with Crippen LogP contribution in [0.4, 0.5) is 0 Å². The molecule has 5 nitrogen and oxygen atoms in total. The minimum atomic E-state index is -0.400. The van der Waals surface area contributed by atoms with Crippen molar-refractivity contribution in [1.82, 2.24) is 14.1 Å². The van der Waals surface area contributed by atoms with Gasteiger partial charge >= 0.3 is 0 Å². The van der Waals surface area contributed by atoms with E-state index in [4.69, 9.17) is 5.73 Å². The third-order valence-corrected chi connectivity index (χ3v) is 4.17. The number of aromatic nitrogens is 3. The first-order chi connectivity index (χ1) is 10.3. The number of rotatable bonds is 2. The minimum Gasteiger partial charge on any atom is -0.366 e. The molecule has 1 aliphatic rings. The minimum absolute atomic E-state index is 0.400. The molecule has 1 aromatic carbocycles. The van der Waals surface area contributed by atoms with Gasteiger partial charge in [0.1, 0.15) is 11.6 Å². The van der Waals surface area contributed by atoms with Crippen LogP contribution in [-0.4, -0.2) is 20.0 Å². The standard InChI is InChI=1S/C16H16N4O/c17-16(21)12-10-20(13-6-2-1-5-11(12)13)15-9-18-14-7-3-4-8-19(14)15/h1-2,5-6,9-10H,3-4,7-8H2,(H2,17,21). The van der Waals surface area contributed by atoms with E-state index in [0.717, 1.165) is 41.9 Å². The van der Waals surface area contributed by atoms with Gasteiger partial charge in [-0.2, -0.15) is 0 Å². The third-order valence-electron chi connectivity index (χ3n) is 4.17. The summed E-state index contributed by atoms with van der Waals surface area (Å²) in [5, 5.41) is 0.886. The van der Waals surface area contributed by atoms with Gasteiger partial charge in [0.15, 0.2) is 0 Å². The molecule has 0 spiro atoms. The Morgan fingerprint density at radius 2 is 2.10 bits per heavy atom. The molecule has 2 aromatic heterocycles. The molecule has 0 bridgehead atoms. The summed E-state index contributed by atoms with van der Waals surface area (Å²) in [6.45, 7) is 0.975. The molecule has 4 rings (SSSR count). The summed E-state index contributed by atoms with van der Waals surface area (Å²) in [5.74, 6) is 1.73. The van der Waals surface area contributed by atoms with Crippen LogP contribution >= 0.6 is 0 Å². The van der Waals surface area contributed by atoms with Crippen LogP contribution in [0.1, 0.15) is 29.0 Å². The van der Waals surface area contributed by atoms with E-state index >= 15 is 0 Å². The summed E-state index contributed by atoms with van der Waals surface area (Å²) in [4.78, 5) is 16.2. The van der Waals surface area contributed by atoms with Crippen LogP contribution in [0.2, 0.25) is 0 Å². The Kier molecular flexibility index (Phi) is 2.60. The molecule has 106 valence electrons. The van der Waals surface area contributed by atoms with E-state index < -0.39 is 5.91 Å². The Morgan fingerprint density at radius 1 is 1.24 bits per heavy atom. The first-order valence-electron chi connectivity index (χ1n) is 7.20. The van der Waals surface area contributed by atoms with Gasteiger partial charge < -0.3 is 14.9 Å². The molecule has 0 aliphatic carbocycles. The number of aryl methyl sites for hydroxylation is 1. The molecule has 0 atom stereocenters. The Bertz CT molecular complexity index is 843. The molecule has 2 N–H and O–H groups in total. The van der Waals surface area contributed by atoms with Crippen molar-refractivity contribution in [1.29, 1.82) is 0 Å². The number of imidazole rings is 1. The number of nitrogens with two attached hydrogens (primary N) is 1. The van der Waals surface area contributed by atoms with Gasteiger partial charge in [-0.3, -0.25) is 4.79 Å². The average Bonchev–Trinajstić information content (AvgIpc) is 3.08. The Hall–Kier alpha value is -2.56. The molecule has 1 amide bonds. The monoisotopic (exact) mass is 280 g/mol. The largest absolute Gasteiger partial charge is 0.366 e. The first-order valence-corrected chi connectivity index (χ1v) is 7.20. The normalized spacial score (nSPS) is 14.3. The lowest BCUT2D eigenvalue weighted by Gasteiger charge is -2.17. The van der Waals surface area contributed by atoms with Crippen molar-refractivity contribution >= 4 is 16.8 Å². The molecule has 5 heteroatoms. The van der Waals surface area contributed by atoms with Crippen LogP contribution in [0.5, 0.6) is 0 Å². The SMILES string of the molecule is NC(=O)c1cn(-c2cnc3n2CCCC3)c2ccccc12. The lowest BCUT2D eigenvalue weighted by molar-refractivity contribution is 0.100. The van der Waals surface area contributed by atoms with Gasteiger partial charge in [0.2, 0.25) is 0 Å². The molecule has 0 fully saturated rings. The van der Waals surface area contributed by atoms with E-state index in [9.17, 15) is 4.79 Å². The lowest BCUT2D eigenvalue weighted by Crippen LogP contribution is -2.14. The number of nitrogens with zero attached hydrogens (tertiary/aromatic N) is 3. The number of amides is 1. The van der Waals surface area contributed by atoms with E-state index in [1.807, 2.05) is 41.2 Å². The van der Waals surface area contributed by atoms with Gasteiger partial charge in [0.05, 0.1) is 17.3 Å². The number of para-hydroxylation sites is 1. The number of hydrogen-bond donors (Lipinski definition) is 1. The highest BCUT2D eigenvalue weighted by Gasteiger charge is 2.19. The first kappa shape index (κ1) is 12.2. The van der Waals surface area contributed by atoms with E-state index in [2.05, 4.69) is 9.55 Å². The predicted octanol–water partition coefficient (Wildman–Crippen LogP) is 2.26. The van der Waals surface area contributed by atoms with E-state index in [-0.39, 0.29) is 0 Å². The molecule has 0 saturated heterocycles. The van der Waals surface area contributed by atoms with Crippen molar-refractivity contribution < 1.29 is 4.79 Å². The average molecular weight is 280 g/mol. The van der Waals surface area contributed by atoms with Crippen molar-refractivity contribution in [2.24, 2.45) is 5.73 Å². The van der Waals surface area contributed by atoms with Gasteiger partial charge in [-0.15, -0.1) is 0 Å². The second-order valence-corrected chi connectivity index (χ2v) is 5.44. The van der Waals surface area contributed by atoms with E-state index in [1.54, 1.807) is 0 Å². The Morgan fingerprint density at radius 3 is 2.95 bits per heavy atom. The van der Waals surface area contributed by atoms with Gasteiger partial charge in [-0.1, -0.05) is 18.2 Å². The fourth-order valence-electron chi connectivity index (χ4n) is 3.16. The van der Waals surface area contributed by atoms with Crippen molar-refractivity contribution in [3.8, 4) is 5.82 Å². The van der Waals surface area contributed by atoms with Gasteiger partial charge in [0, 0.05) is 24.5 Å². The smallest absolute Gasteiger partial charge is 0.250 e. The molecule has 1 aliphatic heterocycles. The zero-order valence-electron chi connectivity index (χ0n) is 11.6. The maximum Gasteiger partial charge on any atom is 0.250 e. The molecular formula is C16H16N4O. The number of carbonyl (C=O) groups excluding carboxylic acids is 1. The number of benzene rings is 1. The fraction of sp³-hybridized carbons (Fsp3) is 0.250. The van der Waals surface area contributed by atoms with Crippen LogP contribution in [0.15, 0.2) is 36.7 Å². The van der Waals surface area contributed by atoms with Crippen LogP contribution in [-0.2, 0) is 13.0 Å². The third kappa shape index (κ3) is 1.77. The number of carbonyl (C=O) groups is 1. The zero-order chi connectivity index (χ0) is 14.4. The fourth-order valence-corrected chi connectivity index (χ4v) is 3.16. The lowest BCUT2D eigenvalue weighted by atomic mass is 10.2. The molecule has 0 radical (unpaired) electrons. The van der Waals surface area contributed by atoms with E-state index in [0.29, 0.717) is 5.56 Å². The zero-order valence-corrected chi connectivity index (χ0v) is 11.6. The van der Waals surface area contributed by atoms with Crippen molar-refractivity contribution in [3.05, 3.63) is 48.0 Å². The molecule has 21 heavy (non-hydrogen) atoms. The number of hydrogen-bond acceptors (Lipinski definition) is 2. The summed E-state index contributed by atoms with van der Waals surface area (Å²) < 4.78 is 4.26. The van der Waals surface area contributed by atoms with Crippen molar-refractivity contribution in [2.45, 2.75) is 25.8 Å². The molecule has 0 saturated carbocycles. The topological polar surface area (TPSA) is 65.8 Å². The summed E-state index contributed by atoms with van der Waals surface area (Å²) >= 11 is 0. The summed E-state index contributed by atoms with van der Waals surface area (Å²) in [6.07, 6.45) is 7.08. The molecule has 3 heterocycles.